The van der Waals surface area contributed by atoms with Gasteiger partial charge in [-0.25, -0.2) is 4.99 Å². The smallest absolute Gasteiger partial charge is 0.256 e. The van der Waals surface area contributed by atoms with Crippen LogP contribution >= 0.6 is 11.6 Å². The Morgan fingerprint density at radius 3 is 2.12 bits per heavy atom. The van der Waals surface area contributed by atoms with E-state index in [4.69, 9.17) is 16.6 Å². The van der Waals surface area contributed by atoms with Crippen molar-refractivity contribution >= 4 is 40.3 Å². The lowest BCUT2D eigenvalue weighted by Gasteiger charge is -2.15. The first-order valence-electron chi connectivity index (χ1n) is 11.0. The third-order valence-electron chi connectivity index (χ3n) is 5.69. The fourth-order valence-electron chi connectivity index (χ4n) is 3.98. The monoisotopic (exact) mass is 463 g/mol. The predicted molar refractivity (Wildman–Crippen MR) is 141 cm³/mol. The van der Waals surface area contributed by atoms with Gasteiger partial charge in [-0.1, -0.05) is 78.3 Å². The minimum atomic E-state index is -0.225. The molecule has 0 saturated heterocycles. The van der Waals surface area contributed by atoms with Gasteiger partial charge in [0.1, 0.15) is 5.84 Å². The van der Waals surface area contributed by atoms with Crippen LogP contribution in [0.15, 0.2) is 114 Å². The number of fused-ring (bicyclic) bond motifs is 1. The van der Waals surface area contributed by atoms with Crippen LogP contribution in [-0.2, 0) is 0 Å². The Morgan fingerprint density at radius 2 is 1.38 bits per heavy atom. The van der Waals surface area contributed by atoms with Crippen molar-refractivity contribution in [2.75, 3.05) is 5.32 Å². The highest BCUT2D eigenvalue weighted by molar-refractivity contribution is 6.32. The second-order valence-electron chi connectivity index (χ2n) is 8.01. The predicted octanol–water partition coefficient (Wildman–Crippen LogP) is 7.32. The van der Waals surface area contributed by atoms with E-state index in [-0.39, 0.29) is 5.91 Å². The molecule has 1 amide bonds. The van der Waals surface area contributed by atoms with Crippen molar-refractivity contribution in [2.24, 2.45) is 4.99 Å². The molecule has 1 heterocycles. The van der Waals surface area contributed by atoms with Crippen LogP contribution in [0.25, 0.3) is 16.7 Å². The second-order valence-corrected chi connectivity index (χ2v) is 8.44. The Kier molecular flexibility index (Phi) is 5.98. The molecule has 4 nitrogen and oxygen atoms in total. The Balaban J connectivity index is 1.50. The maximum absolute atomic E-state index is 13.3. The van der Waals surface area contributed by atoms with E-state index in [9.17, 15) is 4.79 Å². The molecule has 2 N–H and O–H groups in total. The third kappa shape index (κ3) is 4.49. The summed E-state index contributed by atoms with van der Waals surface area (Å²) in [6.07, 6.45) is 0. The highest BCUT2D eigenvalue weighted by atomic mass is 35.5. The van der Waals surface area contributed by atoms with Gasteiger partial charge in [-0.2, -0.15) is 0 Å². The largest absolute Gasteiger partial charge is 0.357 e. The molecule has 0 atom stereocenters. The molecule has 0 aliphatic carbocycles. The van der Waals surface area contributed by atoms with Crippen molar-refractivity contribution in [2.45, 2.75) is 6.92 Å². The maximum atomic E-state index is 13.3. The zero-order chi connectivity index (χ0) is 23.5. The van der Waals surface area contributed by atoms with Crippen LogP contribution < -0.4 is 10.6 Å². The first-order valence-corrected chi connectivity index (χ1v) is 11.3. The second kappa shape index (κ2) is 9.38. The van der Waals surface area contributed by atoms with Crippen molar-refractivity contribution in [3.63, 3.8) is 0 Å². The molecule has 0 saturated carbocycles. The summed E-state index contributed by atoms with van der Waals surface area (Å²) in [4.78, 5) is 18.1. The first kappa shape index (κ1) is 21.7. The summed E-state index contributed by atoms with van der Waals surface area (Å²) in [6.45, 7) is 1.97. The highest BCUT2D eigenvalue weighted by Crippen LogP contribution is 2.33. The van der Waals surface area contributed by atoms with Crippen LogP contribution in [0.5, 0.6) is 0 Å². The molecule has 1 aliphatic heterocycles. The van der Waals surface area contributed by atoms with E-state index in [0.29, 0.717) is 16.4 Å². The number of nitrogens with zero attached hydrogens (tertiary/aromatic N) is 1. The summed E-state index contributed by atoms with van der Waals surface area (Å²) in [5, 5.41) is 7.13. The van der Waals surface area contributed by atoms with E-state index < -0.39 is 0 Å². The number of amidine groups is 1. The number of rotatable bonds is 3. The lowest BCUT2D eigenvalue weighted by atomic mass is 10.0. The Labute approximate surface area is 203 Å². The summed E-state index contributed by atoms with van der Waals surface area (Å²) in [5.41, 5.74) is 6.94. The molecular weight excluding hydrogens is 442 g/mol. The Bertz CT molecular complexity index is 1410. The number of amides is 1. The summed E-state index contributed by atoms with van der Waals surface area (Å²) in [6, 6.07) is 32.9. The van der Waals surface area contributed by atoms with Gasteiger partial charge in [0.05, 0.1) is 11.4 Å². The van der Waals surface area contributed by atoms with Crippen LogP contribution in [0.1, 0.15) is 22.8 Å². The molecule has 5 heteroatoms. The molecule has 0 fully saturated rings. The van der Waals surface area contributed by atoms with Gasteiger partial charge >= 0.3 is 0 Å². The molecule has 5 rings (SSSR count). The number of para-hydroxylation sites is 2. The molecule has 0 spiro atoms. The maximum Gasteiger partial charge on any atom is 0.256 e. The SMILES string of the molecule is CC1=C(c2ccc(Cl)cc2)C(NC(=O)c2ccc(-c3ccccc3)cc2)=Nc2ccccc2N1. The van der Waals surface area contributed by atoms with E-state index in [1.54, 1.807) is 0 Å². The van der Waals surface area contributed by atoms with Crippen molar-refractivity contribution in [1.82, 2.24) is 5.32 Å². The lowest BCUT2D eigenvalue weighted by molar-refractivity contribution is 0.0977. The van der Waals surface area contributed by atoms with Gasteiger partial charge < -0.3 is 10.6 Å². The van der Waals surface area contributed by atoms with Crippen molar-refractivity contribution in [3.8, 4) is 11.1 Å². The van der Waals surface area contributed by atoms with Gasteiger partial charge in [0.25, 0.3) is 5.91 Å². The van der Waals surface area contributed by atoms with Gasteiger partial charge in [0, 0.05) is 21.9 Å². The minimum Gasteiger partial charge on any atom is -0.357 e. The van der Waals surface area contributed by atoms with E-state index in [0.717, 1.165) is 39.3 Å². The van der Waals surface area contributed by atoms with Crippen molar-refractivity contribution in [3.05, 3.63) is 125 Å². The average molecular weight is 464 g/mol. The summed E-state index contributed by atoms with van der Waals surface area (Å²) in [5.74, 6) is 0.256. The summed E-state index contributed by atoms with van der Waals surface area (Å²) >= 11 is 6.12. The van der Waals surface area contributed by atoms with Gasteiger partial charge in [0.15, 0.2) is 0 Å². The van der Waals surface area contributed by atoms with Crippen molar-refractivity contribution < 1.29 is 4.79 Å². The van der Waals surface area contributed by atoms with E-state index in [1.807, 2.05) is 110 Å². The topological polar surface area (TPSA) is 53.5 Å². The standard InChI is InChI=1S/C29H22ClN3O/c1-19-27(22-15-17-24(30)18-16-22)28(32-26-10-6-5-9-25(26)31-19)33-29(34)23-13-11-21(12-14-23)20-7-3-2-4-8-20/h2-18,31H,1H3,(H,32,33,34). The van der Waals surface area contributed by atoms with Gasteiger partial charge in [0.2, 0.25) is 0 Å². The zero-order valence-electron chi connectivity index (χ0n) is 18.5. The molecule has 1 aliphatic rings. The number of hydrogen-bond acceptors (Lipinski definition) is 3. The van der Waals surface area contributed by atoms with Gasteiger partial charge in [-0.3, -0.25) is 4.79 Å². The normalized spacial score (nSPS) is 12.8. The van der Waals surface area contributed by atoms with Crippen LogP contribution in [0, 0.1) is 0 Å². The lowest BCUT2D eigenvalue weighted by Crippen LogP contribution is -2.31. The summed E-state index contributed by atoms with van der Waals surface area (Å²) < 4.78 is 0. The average Bonchev–Trinajstić information content (AvgIpc) is 3.00. The van der Waals surface area contributed by atoms with E-state index >= 15 is 0 Å². The summed E-state index contributed by atoms with van der Waals surface area (Å²) in [7, 11) is 0. The number of carbonyl (C=O) groups is 1. The van der Waals surface area contributed by atoms with E-state index in [2.05, 4.69) is 10.6 Å². The van der Waals surface area contributed by atoms with Gasteiger partial charge in [-0.15, -0.1) is 0 Å². The first-order chi connectivity index (χ1) is 16.6. The quantitative estimate of drug-likeness (QED) is 0.334. The molecule has 0 unspecified atom stereocenters. The number of hydrogen-bond donors (Lipinski definition) is 2. The Morgan fingerprint density at radius 1 is 0.765 bits per heavy atom. The number of aliphatic imine (C=N–C) groups is 1. The number of allylic oxidation sites excluding steroid dienone is 1. The van der Waals surface area contributed by atoms with Crippen molar-refractivity contribution in [1.29, 1.82) is 0 Å². The fraction of sp³-hybridized carbons (Fsp3) is 0.0345. The number of benzene rings is 4. The fourth-order valence-corrected chi connectivity index (χ4v) is 4.11. The number of halogens is 1. The number of carbonyl (C=O) groups excluding carboxylic acids is 1. The van der Waals surface area contributed by atoms with Crippen LogP contribution in [-0.4, -0.2) is 11.7 Å². The molecule has 166 valence electrons. The minimum absolute atomic E-state index is 0.225. The molecule has 0 bridgehead atoms. The molecule has 0 radical (unpaired) electrons. The number of nitrogens with one attached hydrogen (secondary N) is 2. The van der Waals surface area contributed by atoms with Crippen LogP contribution in [0.2, 0.25) is 5.02 Å². The molecule has 4 aromatic carbocycles. The highest BCUT2D eigenvalue weighted by Gasteiger charge is 2.21. The molecular formula is C29H22ClN3O. The van der Waals surface area contributed by atoms with Crippen LogP contribution in [0.3, 0.4) is 0 Å². The zero-order valence-corrected chi connectivity index (χ0v) is 19.3. The Hall–Kier alpha value is -4.15. The van der Waals surface area contributed by atoms with Crippen LogP contribution in [0.4, 0.5) is 11.4 Å². The van der Waals surface area contributed by atoms with Gasteiger partial charge in [-0.05, 0) is 60.0 Å². The number of anilines is 1. The molecule has 4 aromatic rings. The van der Waals surface area contributed by atoms with E-state index in [1.165, 1.54) is 0 Å². The third-order valence-corrected chi connectivity index (χ3v) is 5.94. The molecule has 0 aromatic heterocycles. The molecule has 34 heavy (non-hydrogen) atoms.